The van der Waals surface area contributed by atoms with Crippen LogP contribution in [-0.4, -0.2) is 31.9 Å². The van der Waals surface area contributed by atoms with E-state index in [1.807, 2.05) is 31.2 Å². The smallest absolute Gasteiger partial charge is 0.335 e. The van der Waals surface area contributed by atoms with Gasteiger partial charge < -0.3 is 14.2 Å². The summed E-state index contributed by atoms with van der Waals surface area (Å²) in [6.45, 7) is 7.07. The summed E-state index contributed by atoms with van der Waals surface area (Å²) >= 11 is 0. The highest BCUT2D eigenvalue weighted by atomic mass is 16.6. The molecule has 3 aromatic carbocycles. The summed E-state index contributed by atoms with van der Waals surface area (Å²) < 4.78 is 16.5. The van der Waals surface area contributed by atoms with Gasteiger partial charge in [0.2, 0.25) is 0 Å². The number of allylic oxidation sites excluding steroid dienone is 1. The maximum absolute atomic E-state index is 12.0. The summed E-state index contributed by atoms with van der Waals surface area (Å²) in [7, 11) is 0. The van der Waals surface area contributed by atoms with E-state index in [0.29, 0.717) is 26.2 Å². The lowest BCUT2D eigenvalue weighted by molar-refractivity contribution is -0.156. The van der Waals surface area contributed by atoms with Crippen LogP contribution in [0.1, 0.15) is 31.9 Å². The van der Waals surface area contributed by atoms with E-state index in [9.17, 15) is 4.79 Å². The Morgan fingerprint density at radius 2 is 1.68 bits per heavy atom. The van der Waals surface area contributed by atoms with Gasteiger partial charge >= 0.3 is 5.97 Å². The molecule has 0 spiro atoms. The van der Waals surface area contributed by atoms with Crippen LogP contribution in [0.5, 0.6) is 5.75 Å². The highest BCUT2D eigenvalue weighted by molar-refractivity contribution is 5.86. The summed E-state index contributed by atoms with van der Waals surface area (Å²) in [6.07, 6.45) is 1.99. The minimum Gasteiger partial charge on any atom is -0.490 e. The molecule has 0 radical (unpaired) electrons. The summed E-state index contributed by atoms with van der Waals surface area (Å²) in [4.78, 5) is 12.0. The molecular weight excluding hydrogens is 388 g/mol. The normalized spacial score (nSPS) is 12.5. The molecule has 0 bridgehead atoms. The minimum absolute atomic E-state index is 0.320. The fraction of sp³-hybridized carbons (Fsp3) is 0.296. The monoisotopic (exact) mass is 418 g/mol. The number of benzene rings is 3. The van der Waals surface area contributed by atoms with Crippen LogP contribution in [0.25, 0.3) is 16.3 Å². The average Bonchev–Trinajstić information content (AvgIpc) is 2.79. The predicted molar refractivity (Wildman–Crippen MR) is 125 cm³/mol. The Hall–Kier alpha value is -3.11. The second-order valence-corrected chi connectivity index (χ2v) is 7.30. The molecule has 0 fully saturated rings. The Kier molecular flexibility index (Phi) is 8.25. The van der Waals surface area contributed by atoms with Crippen molar-refractivity contribution < 1.29 is 19.0 Å². The molecule has 3 aromatic rings. The molecule has 4 nitrogen and oxygen atoms in total. The molecule has 31 heavy (non-hydrogen) atoms. The van der Waals surface area contributed by atoms with Gasteiger partial charge in [0.25, 0.3) is 0 Å². The van der Waals surface area contributed by atoms with E-state index in [2.05, 4.69) is 55.5 Å². The lowest BCUT2D eigenvalue weighted by atomic mass is 10.0. The molecule has 0 aromatic heterocycles. The number of fused-ring (bicyclic) bond motifs is 1. The van der Waals surface area contributed by atoms with Crippen molar-refractivity contribution in [2.24, 2.45) is 0 Å². The van der Waals surface area contributed by atoms with Crippen LogP contribution in [0.2, 0.25) is 0 Å². The van der Waals surface area contributed by atoms with Gasteiger partial charge in [0, 0.05) is 13.0 Å². The van der Waals surface area contributed by atoms with Gasteiger partial charge in [0.05, 0.1) is 6.61 Å². The molecule has 0 saturated carbocycles. The maximum Gasteiger partial charge on any atom is 0.335 e. The van der Waals surface area contributed by atoms with E-state index in [-0.39, 0.29) is 5.97 Å². The van der Waals surface area contributed by atoms with E-state index < -0.39 is 6.10 Å². The summed E-state index contributed by atoms with van der Waals surface area (Å²) in [6, 6.07) is 22.6. The van der Waals surface area contributed by atoms with Crippen molar-refractivity contribution in [1.82, 2.24) is 0 Å². The first-order valence-electron chi connectivity index (χ1n) is 10.8. The van der Waals surface area contributed by atoms with Crippen molar-refractivity contribution in [2.45, 2.75) is 33.3 Å². The van der Waals surface area contributed by atoms with Gasteiger partial charge in [-0.05, 0) is 72.5 Å². The number of hydrogen-bond donors (Lipinski definition) is 0. The zero-order valence-corrected chi connectivity index (χ0v) is 18.5. The largest absolute Gasteiger partial charge is 0.490 e. The van der Waals surface area contributed by atoms with Gasteiger partial charge in [0.15, 0.2) is 6.10 Å². The highest BCUT2D eigenvalue weighted by Gasteiger charge is 2.20. The SMILES string of the molecule is CCOC(=O)C(Cc1ccc(OC/C=C(/C)c2ccc3ccccc3c2)cc1)OCC. The molecule has 1 atom stereocenters. The lowest BCUT2D eigenvalue weighted by Gasteiger charge is -2.15. The maximum atomic E-state index is 12.0. The number of hydrogen-bond acceptors (Lipinski definition) is 4. The number of rotatable bonds is 10. The van der Waals surface area contributed by atoms with Crippen LogP contribution in [0.3, 0.4) is 0 Å². The van der Waals surface area contributed by atoms with E-state index >= 15 is 0 Å². The third-order valence-electron chi connectivity index (χ3n) is 5.11. The van der Waals surface area contributed by atoms with Gasteiger partial charge in [-0.1, -0.05) is 48.5 Å². The fourth-order valence-corrected chi connectivity index (χ4v) is 3.40. The molecular formula is C27H30O4. The van der Waals surface area contributed by atoms with Crippen LogP contribution in [-0.2, 0) is 20.7 Å². The van der Waals surface area contributed by atoms with Crippen LogP contribution in [0.15, 0.2) is 72.8 Å². The zero-order chi connectivity index (χ0) is 22.1. The molecule has 162 valence electrons. The van der Waals surface area contributed by atoms with Gasteiger partial charge in [-0.25, -0.2) is 4.79 Å². The van der Waals surface area contributed by atoms with Gasteiger partial charge in [-0.15, -0.1) is 0 Å². The molecule has 0 aliphatic carbocycles. The van der Waals surface area contributed by atoms with Gasteiger partial charge in [-0.3, -0.25) is 0 Å². The number of carbonyl (C=O) groups excluding carboxylic acids is 1. The topological polar surface area (TPSA) is 44.8 Å². The Morgan fingerprint density at radius 3 is 2.39 bits per heavy atom. The molecule has 3 rings (SSSR count). The van der Waals surface area contributed by atoms with Crippen LogP contribution < -0.4 is 4.74 Å². The first kappa shape index (κ1) is 22.6. The van der Waals surface area contributed by atoms with Crippen LogP contribution >= 0.6 is 0 Å². The first-order valence-corrected chi connectivity index (χ1v) is 10.8. The molecule has 0 amide bonds. The summed E-state index contributed by atoms with van der Waals surface area (Å²) in [5, 5.41) is 2.47. The highest BCUT2D eigenvalue weighted by Crippen LogP contribution is 2.21. The van der Waals surface area contributed by atoms with E-state index in [0.717, 1.165) is 11.3 Å². The van der Waals surface area contributed by atoms with Crippen molar-refractivity contribution in [3.8, 4) is 5.75 Å². The van der Waals surface area contributed by atoms with Crippen LogP contribution in [0.4, 0.5) is 0 Å². The van der Waals surface area contributed by atoms with Gasteiger partial charge in [0.1, 0.15) is 12.4 Å². The van der Waals surface area contributed by atoms with E-state index in [4.69, 9.17) is 14.2 Å². The van der Waals surface area contributed by atoms with E-state index in [1.54, 1.807) is 6.92 Å². The fourth-order valence-electron chi connectivity index (χ4n) is 3.40. The average molecular weight is 419 g/mol. The standard InChI is InChI=1S/C27H30O4/c1-4-29-26(27(28)30-5-2)18-21-10-14-25(15-11-21)31-17-16-20(3)23-13-12-22-8-6-7-9-24(22)19-23/h6-16,19,26H,4-5,17-18H2,1-3H3/b20-16-. The van der Waals surface area contributed by atoms with Crippen molar-refractivity contribution in [1.29, 1.82) is 0 Å². The molecule has 0 saturated heterocycles. The van der Waals surface area contributed by atoms with E-state index in [1.165, 1.54) is 21.9 Å². The number of ether oxygens (including phenoxy) is 3. The lowest BCUT2D eigenvalue weighted by Crippen LogP contribution is -2.28. The molecule has 0 heterocycles. The minimum atomic E-state index is -0.579. The molecule has 0 N–H and O–H groups in total. The zero-order valence-electron chi connectivity index (χ0n) is 18.5. The van der Waals surface area contributed by atoms with Crippen LogP contribution in [0, 0.1) is 0 Å². The number of carbonyl (C=O) groups is 1. The Bertz CT molecular complexity index is 1020. The predicted octanol–water partition coefficient (Wildman–Crippen LogP) is 5.83. The van der Waals surface area contributed by atoms with Crippen molar-refractivity contribution in [2.75, 3.05) is 19.8 Å². The molecule has 1 unspecified atom stereocenters. The number of esters is 1. The third kappa shape index (κ3) is 6.43. The summed E-state index contributed by atoms with van der Waals surface area (Å²) in [5.41, 5.74) is 3.37. The van der Waals surface area contributed by atoms with Crippen molar-refractivity contribution in [3.05, 3.63) is 83.9 Å². The molecule has 0 aliphatic rings. The van der Waals surface area contributed by atoms with Crippen molar-refractivity contribution in [3.63, 3.8) is 0 Å². The Labute approximate surface area is 184 Å². The quantitative estimate of drug-likeness (QED) is 0.389. The Balaban J connectivity index is 1.57. The summed E-state index contributed by atoms with van der Waals surface area (Å²) in [5.74, 6) is 0.467. The first-order chi connectivity index (χ1) is 15.1. The van der Waals surface area contributed by atoms with Gasteiger partial charge in [-0.2, -0.15) is 0 Å². The van der Waals surface area contributed by atoms with Crippen molar-refractivity contribution >= 4 is 22.3 Å². The molecule has 4 heteroatoms. The second kappa shape index (κ2) is 11.3. The third-order valence-corrected chi connectivity index (χ3v) is 5.11. The Morgan fingerprint density at radius 1 is 0.935 bits per heavy atom. The molecule has 0 aliphatic heterocycles. The second-order valence-electron chi connectivity index (χ2n) is 7.30.